The Morgan fingerprint density at radius 1 is 0.919 bits per heavy atom. The zero-order valence-electron chi connectivity index (χ0n) is 19.3. The minimum Gasteiger partial charge on any atom is -0.326 e. The second-order valence-electron chi connectivity index (χ2n) is 8.70. The molecule has 0 saturated heterocycles. The molecule has 3 aromatic carbocycles. The van der Waals surface area contributed by atoms with E-state index in [-0.39, 0.29) is 11.8 Å². The molecule has 4 aromatic rings. The Labute approximate surface area is 232 Å². The highest BCUT2D eigenvalue weighted by atomic mass is 35.5. The van der Waals surface area contributed by atoms with E-state index in [1.54, 1.807) is 65.6 Å². The number of amides is 2. The number of aromatic nitrogens is 3. The molecule has 2 unspecified atom stereocenters. The molecule has 0 bridgehead atoms. The van der Waals surface area contributed by atoms with Gasteiger partial charge in [-0.2, -0.15) is 0 Å². The van der Waals surface area contributed by atoms with Crippen molar-refractivity contribution in [2.45, 2.75) is 17.2 Å². The Morgan fingerprint density at radius 2 is 1.59 bits per heavy atom. The normalized spacial score (nSPS) is 17.8. The third-order valence-electron chi connectivity index (χ3n) is 6.14. The van der Waals surface area contributed by atoms with Crippen LogP contribution in [0.3, 0.4) is 0 Å². The number of aryl methyl sites for hydroxylation is 1. The molecule has 1 saturated carbocycles. The zero-order valence-corrected chi connectivity index (χ0v) is 22.3. The fraction of sp³-hybridized carbons (Fsp3) is 0.154. The summed E-state index contributed by atoms with van der Waals surface area (Å²) in [6.45, 7) is 1.82. The molecule has 0 spiro atoms. The molecule has 7 nitrogen and oxygen atoms in total. The van der Waals surface area contributed by atoms with Crippen LogP contribution in [0.25, 0.3) is 5.69 Å². The van der Waals surface area contributed by atoms with Crippen molar-refractivity contribution in [3.63, 3.8) is 0 Å². The number of hydrogen-bond acceptors (Lipinski definition) is 4. The first-order chi connectivity index (χ1) is 17.6. The van der Waals surface area contributed by atoms with E-state index in [9.17, 15) is 9.59 Å². The van der Waals surface area contributed by atoms with Gasteiger partial charge in [-0.15, -0.1) is 28.3 Å². The third-order valence-corrected chi connectivity index (χ3v) is 7.52. The van der Waals surface area contributed by atoms with E-state index < -0.39 is 16.2 Å². The van der Waals surface area contributed by atoms with Crippen LogP contribution in [-0.4, -0.2) is 31.1 Å². The minimum atomic E-state index is -1.30. The highest BCUT2D eigenvalue weighted by Crippen LogP contribution is 2.65. The summed E-state index contributed by atoms with van der Waals surface area (Å²) in [6, 6.07) is 17.2. The molecular formula is C26H19Cl4N5O2. The van der Waals surface area contributed by atoms with E-state index in [0.717, 1.165) is 11.3 Å². The molecule has 2 atom stereocenters. The summed E-state index contributed by atoms with van der Waals surface area (Å²) in [5.41, 5.74) is 3.71. The van der Waals surface area contributed by atoms with Crippen molar-refractivity contribution in [3.05, 3.63) is 99.8 Å². The molecular weight excluding hydrogens is 556 g/mol. The van der Waals surface area contributed by atoms with Crippen LogP contribution in [0.4, 0.5) is 11.4 Å². The van der Waals surface area contributed by atoms with Crippen molar-refractivity contribution in [2.24, 2.45) is 5.92 Å². The molecule has 0 radical (unpaired) electrons. The Bertz CT molecular complexity index is 1470. The average Bonchev–Trinajstić information content (AvgIpc) is 3.16. The first-order valence-electron chi connectivity index (χ1n) is 11.2. The fourth-order valence-corrected chi connectivity index (χ4v) is 5.60. The first-order valence-corrected chi connectivity index (χ1v) is 12.7. The van der Waals surface area contributed by atoms with Crippen molar-refractivity contribution in [1.82, 2.24) is 15.0 Å². The summed E-state index contributed by atoms with van der Waals surface area (Å²) in [6.07, 6.45) is 3.31. The molecule has 1 aliphatic rings. The van der Waals surface area contributed by atoms with Crippen LogP contribution in [0.5, 0.6) is 0 Å². The summed E-state index contributed by atoms with van der Waals surface area (Å²) in [5, 5.41) is 14.3. The number of nitrogens with zero attached hydrogens (tertiary/aromatic N) is 3. The fourth-order valence-electron chi connectivity index (χ4n) is 4.23. The molecule has 2 N–H and O–H groups in total. The van der Waals surface area contributed by atoms with Gasteiger partial charge in [0, 0.05) is 32.9 Å². The summed E-state index contributed by atoms with van der Waals surface area (Å²) in [4.78, 5) is 26.1. The number of halogens is 4. The van der Waals surface area contributed by atoms with E-state index in [1.807, 2.05) is 19.1 Å². The number of rotatable bonds is 6. The maximum absolute atomic E-state index is 13.1. The molecule has 0 aliphatic heterocycles. The van der Waals surface area contributed by atoms with E-state index in [4.69, 9.17) is 46.4 Å². The van der Waals surface area contributed by atoms with Crippen LogP contribution >= 0.6 is 46.4 Å². The molecule has 11 heteroatoms. The SMILES string of the molecule is Cc1ccc(NC(=O)C2C(c3cc(Cl)cc(Cl)c3)C2(Cl)Cl)cc1C(=O)Nc1ccc(-n2ccnn2)cc1. The molecule has 1 heterocycles. The van der Waals surface area contributed by atoms with E-state index in [2.05, 4.69) is 20.9 Å². The molecule has 2 amide bonds. The van der Waals surface area contributed by atoms with Crippen LogP contribution in [0, 0.1) is 12.8 Å². The van der Waals surface area contributed by atoms with Crippen molar-refractivity contribution in [3.8, 4) is 5.69 Å². The predicted molar refractivity (Wildman–Crippen MR) is 146 cm³/mol. The van der Waals surface area contributed by atoms with Gasteiger partial charge in [0.1, 0.15) is 4.33 Å². The van der Waals surface area contributed by atoms with E-state index in [1.165, 1.54) is 0 Å². The van der Waals surface area contributed by atoms with Gasteiger partial charge in [0.2, 0.25) is 5.91 Å². The summed E-state index contributed by atoms with van der Waals surface area (Å²) in [7, 11) is 0. The minimum absolute atomic E-state index is 0.316. The Hall–Kier alpha value is -3.10. The maximum atomic E-state index is 13.1. The molecule has 5 rings (SSSR count). The topological polar surface area (TPSA) is 88.9 Å². The van der Waals surface area contributed by atoms with Gasteiger partial charge in [0.15, 0.2) is 0 Å². The lowest BCUT2D eigenvalue weighted by Gasteiger charge is -2.11. The number of carbonyl (C=O) groups is 2. The number of hydrogen-bond donors (Lipinski definition) is 2. The molecule has 1 aromatic heterocycles. The number of benzene rings is 3. The smallest absolute Gasteiger partial charge is 0.256 e. The Kier molecular flexibility index (Phi) is 6.89. The van der Waals surface area contributed by atoms with Crippen LogP contribution in [0.15, 0.2) is 73.1 Å². The number of anilines is 2. The Balaban J connectivity index is 1.29. The third kappa shape index (κ3) is 5.31. The average molecular weight is 575 g/mol. The molecule has 1 fully saturated rings. The Morgan fingerprint density at radius 3 is 2.24 bits per heavy atom. The summed E-state index contributed by atoms with van der Waals surface area (Å²) >= 11 is 25.1. The van der Waals surface area contributed by atoms with Gasteiger partial charge >= 0.3 is 0 Å². The van der Waals surface area contributed by atoms with Gasteiger partial charge in [0.25, 0.3) is 5.91 Å². The lowest BCUT2D eigenvalue weighted by molar-refractivity contribution is -0.117. The highest BCUT2D eigenvalue weighted by Gasteiger charge is 2.67. The summed E-state index contributed by atoms with van der Waals surface area (Å²) < 4.78 is 0.311. The second-order valence-corrected chi connectivity index (χ2v) is 11.0. The lowest BCUT2D eigenvalue weighted by atomic mass is 10.1. The standard InChI is InChI=1S/C26H19Cl4N5O2/c1-14-2-3-19(33-25(37)23-22(26(23,29)30)15-10-16(27)12-17(28)11-15)13-21(14)24(36)32-18-4-6-20(7-5-18)35-9-8-31-34-35/h2-13,22-23H,1H3,(H,32,36)(H,33,37). The number of nitrogens with one attached hydrogen (secondary N) is 2. The van der Waals surface area contributed by atoms with Crippen molar-refractivity contribution in [1.29, 1.82) is 0 Å². The van der Waals surface area contributed by atoms with Crippen LogP contribution in [-0.2, 0) is 4.79 Å². The van der Waals surface area contributed by atoms with Crippen LogP contribution in [0.2, 0.25) is 10.0 Å². The quantitative estimate of drug-likeness (QED) is 0.252. The monoisotopic (exact) mass is 573 g/mol. The number of carbonyl (C=O) groups excluding carboxylic acids is 2. The largest absolute Gasteiger partial charge is 0.326 e. The predicted octanol–water partition coefficient (Wildman–Crippen LogP) is 6.66. The van der Waals surface area contributed by atoms with Gasteiger partial charge in [-0.1, -0.05) is 34.5 Å². The van der Waals surface area contributed by atoms with Crippen molar-refractivity contribution < 1.29 is 9.59 Å². The van der Waals surface area contributed by atoms with E-state index in [0.29, 0.717) is 32.5 Å². The molecule has 37 heavy (non-hydrogen) atoms. The van der Waals surface area contributed by atoms with Gasteiger partial charge in [-0.3, -0.25) is 9.59 Å². The first kappa shape index (κ1) is 25.5. The van der Waals surface area contributed by atoms with Gasteiger partial charge in [-0.25, -0.2) is 4.68 Å². The lowest BCUT2D eigenvalue weighted by Crippen LogP contribution is -2.18. The highest BCUT2D eigenvalue weighted by molar-refractivity contribution is 6.53. The molecule has 1 aliphatic carbocycles. The van der Waals surface area contributed by atoms with Gasteiger partial charge in [0.05, 0.1) is 24.0 Å². The van der Waals surface area contributed by atoms with Crippen LogP contribution in [0.1, 0.15) is 27.4 Å². The van der Waals surface area contributed by atoms with Crippen LogP contribution < -0.4 is 10.6 Å². The van der Waals surface area contributed by atoms with Gasteiger partial charge < -0.3 is 10.6 Å². The summed E-state index contributed by atoms with van der Waals surface area (Å²) in [5.74, 6) is -1.87. The zero-order chi connectivity index (χ0) is 26.3. The molecule has 188 valence electrons. The maximum Gasteiger partial charge on any atom is 0.256 e. The van der Waals surface area contributed by atoms with Crippen molar-refractivity contribution >= 4 is 69.6 Å². The van der Waals surface area contributed by atoms with Crippen molar-refractivity contribution in [2.75, 3.05) is 10.6 Å². The second kappa shape index (κ2) is 9.99. The number of alkyl halides is 2. The van der Waals surface area contributed by atoms with Gasteiger partial charge in [-0.05, 0) is 72.6 Å². The van der Waals surface area contributed by atoms with E-state index >= 15 is 0 Å².